The van der Waals surface area contributed by atoms with Crippen molar-refractivity contribution >= 4 is 15.9 Å². The first-order valence-corrected chi connectivity index (χ1v) is 10.5. The van der Waals surface area contributed by atoms with Gasteiger partial charge in [-0.2, -0.15) is 0 Å². The van der Waals surface area contributed by atoms with Crippen LogP contribution in [0.1, 0.15) is 28.4 Å². The summed E-state index contributed by atoms with van der Waals surface area (Å²) >= 11 is 0. The molecule has 0 aliphatic carbocycles. The molecule has 6 nitrogen and oxygen atoms in total. The van der Waals surface area contributed by atoms with E-state index in [2.05, 4.69) is 10.0 Å². The smallest absolute Gasteiger partial charge is 0.254 e. The third kappa shape index (κ3) is 4.55. The highest BCUT2D eigenvalue weighted by Gasteiger charge is 2.26. The maximum atomic E-state index is 12.9. The maximum Gasteiger partial charge on any atom is 0.254 e. The minimum absolute atomic E-state index is 0.0730. The molecule has 1 fully saturated rings. The molecular weight excluding hydrogens is 362 g/mol. The molecule has 1 aliphatic rings. The molecule has 2 aromatic rings. The fourth-order valence-electron chi connectivity index (χ4n) is 3.18. The zero-order valence-corrected chi connectivity index (χ0v) is 16.4. The number of nitrogens with one attached hydrogen (secondary N) is 2. The van der Waals surface area contributed by atoms with Gasteiger partial charge in [0.2, 0.25) is 10.0 Å². The zero-order chi connectivity index (χ0) is 19.4. The van der Waals surface area contributed by atoms with Gasteiger partial charge in [0.1, 0.15) is 0 Å². The second-order valence-electron chi connectivity index (χ2n) is 6.84. The van der Waals surface area contributed by atoms with Crippen molar-refractivity contribution in [2.24, 2.45) is 0 Å². The van der Waals surface area contributed by atoms with Gasteiger partial charge < -0.3 is 10.2 Å². The molecule has 27 heavy (non-hydrogen) atoms. The Bertz CT molecular complexity index is 913. The van der Waals surface area contributed by atoms with Gasteiger partial charge in [0, 0.05) is 37.8 Å². The first-order chi connectivity index (χ1) is 12.9. The standard InChI is InChI=1S/C20H25N3O3S/c1-15-8-9-18(20(24)23-11-10-21-13-16(23)2)12-19(15)27(25,26)22-14-17-6-4-3-5-7-17/h3-9,12,16,21-22H,10-11,13-14H2,1-2H3/t16-/m0/s1. The number of benzene rings is 2. The van der Waals surface area contributed by atoms with Gasteiger partial charge in [-0.25, -0.2) is 13.1 Å². The van der Waals surface area contributed by atoms with E-state index in [1.54, 1.807) is 24.0 Å². The van der Waals surface area contributed by atoms with Crippen molar-refractivity contribution in [2.45, 2.75) is 31.3 Å². The van der Waals surface area contributed by atoms with E-state index in [1.165, 1.54) is 6.07 Å². The molecule has 1 amide bonds. The number of nitrogens with zero attached hydrogens (tertiary/aromatic N) is 1. The highest BCUT2D eigenvalue weighted by atomic mass is 32.2. The lowest BCUT2D eigenvalue weighted by molar-refractivity contribution is 0.0655. The van der Waals surface area contributed by atoms with Gasteiger partial charge in [-0.1, -0.05) is 36.4 Å². The molecule has 144 valence electrons. The van der Waals surface area contributed by atoms with E-state index >= 15 is 0 Å². The summed E-state index contributed by atoms with van der Waals surface area (Å²) in [5.41, 5.74) is 1.88. The number of hydrogen-bond acceptors (Lipinski definition) is 4. The van der Waals surface area contributed by atoms with Gasteiger partial charge in [-0.3, -0.25) is 4.79 Å². The van der Waals surface area contributed by atoms with Crippen LogP contribution in [-0.4, -0.2) is 44.9 Å². The van der Waals surface area contributed by atoms with E-state index < -0.39 is 10.0 Å². The van der Waals surface area contributed by atoms with Crippen molar-refractivity contribution in [1.82, 2.24) is 14.9 Å². The number of sulfonamides is 1. The van der Waals surface area contributed by atoms with Gasteiger partial charge in [0.15, 0.2) is 0 Å². The molecular formula is C20H25N3O3S. The molecule has 0 spiro atoms. The first-order valence-electron chi connectivity index (χ1n) is 9.04. The lowest BCUT2D eigenvalue weighted by Gasteiger charge is -2.34. The number of amides is 1. The van der Waals surface area contributed by atoms with Crippen LogP contribution in [0.2, 0.25) is 0 Å². The Morgan fingerprint density at radius 1 is 1.22 bits per heavy atom. The summed E-state index contributed by atoms with van der Waals surface area (Å²) in [6.07, 6.45) is 0. The SMILES string of the molecule is Cc1ccc(C(=O)N2CCNC[C@@H]2C)cc1S(=O)(=O)NCc1ccccc1. The topological polar surface area (TPSA) is 78.5 Å². The lowest BCUT2D eigenvalue weighted by atomic mass is 10.1. The first kappa shape index (κ1) is 19.5. The second-order valence-corrected chi connectivity index (χ2v) is 8.58. The Balaban J connectivity index is 1.82. The van der Waals surface area contributed by atoms with Gasteiger partial charge >= 0.3 is 0 Å². The molecule has 0 aromatic heterocycles. The average molecular weight is 388 g/mol. The summed E-state index contributed by atoms with van der Waals surface area (Å²) in [5.74, 6) is -0.136. The molecule has 1 atom stereocenters. The molecule has 2 N–H and O–H groups in total. The van der Waals surface area contributed by atoms with E-state index in [-0.39, 0.29) is 23.4 Å². The lowest BCUT2D eigenvalue weighted by Crippen LogP contribution is -2.52. The summed E-state index contributed by atoms with van der Waals surface area (Å²) in [5, 5.41) is 3.25. The fraction of sp³-hybridized carbons (Fsp3) is 0.350. The van der Waals surface area contributed by atoms with Crippen molar-refractivity contribution in [3.63, 3.8) is 0 Å². The molecule has 0 unspecified atom stereocenters. The van der Waals surface area contributed by atoms with Gasteiger partial charge in [0.25, 0.3) is 5.91 Å². The Hall–Kier alpha value is -2.22. The van der Waals surface area contributed by atoms with E-state index in [1.807, 2.05) is 37.3 Å². The summed E-state index contributed by atoms with van der Waals surface area (Å²) < 4.78 is 28.2. The van der Waals surface area contributed by atoms with E-state index in [9.17, 15) is 13.2 Å². The summed E-state index contributed by atoms with van der Waals surface area (Å²) in [6, 6.07) is 14.3. The van der Waals surface area contributed by atoms with E-state index in [0.717, 1.165) is 18.7 Å². The number of piperazine rings is 1. The molecule has 0 bridgehead atoms. The van der Waals surface area contributed by atoms with Crippen LogP contribution in [0.4, 0.5) is 0 Å². The van der Waals surface area contributed by atoms with E-state index in [0.29, 0.717) is 17.7 Å². The van der Waals surface area contributed by atoms with Crippen LogP contribution in [0.15, 0.2) is 53.4 Å². The monoisotopic (exact) mass is 387 g/mol. The highest BCUT2D eigenvalue weighted by Crippen LogP contribution is 2.20. The van der Waals surface area contributed by atoms with Crippen LogP contribution in [0, 0.1) is 6.92 Å². The van der Waals surface area contributed by atoms with Crippen molar-refractivity contribution in [3.8, 4) is 0 Å². The molecule has 1 saturated heterocycles. The predicted octanol–water partition coefficient (Wildman–Crippen LogP) is 1.91. The maximum absolute atomic E-state index is 12.9. The Kier molecular flexibility index (Phi) is 5.94. The van der Waals surface area contributed by atoms with Gasteiger partial charge in [0.05, 0.1) is 4.90 Å². The predicted molar refractivity (Wildman–Crippen MR) is 105 cm³/mol. The molecule has 2 aromatic carbocycles. The largest absolute Gasteiger partial charge is 0.333 e. The number of carbonyl (C=O) groups is 1. The third-order valence-corrected chi connectivity index (χ3v) is 6.34. The minimum Gasteiger partial charge on any atom is -0.333 e. The fourth-order valence-corrected chi connectivity index (χ4v) is 4.47. The number of aryl methyl sites for hydroxylation is 1. The van der Waals surface area contributed by atoms with Crippen LogP contribution in [-0.2, 0) is 16.6 Å². The van der Waals surface area contributed by atoms with Gasteiger partial charge in [-0.05, 0) is 37.1 Å². The second kappa shape index (κ2) is 8.21. The van der Waals surface area contributed by atoms with Crippen LogP contribution >= 0.6 is 0 Å². The van der Waals surface area contributed by atoms with E-state index in [4.69, 9.17) is 0 Å². The summed E-state index contributed by atoms with van der Waals surface area (Å²) in [6.45, 7) is 6.01. The quantitative estimate of drug-likeness (QED) is 0.822. The highest BCUT2D eigenvalue weighted by molar-refractivity contribution is 7.89. The van der Waals surface area contributed by atoms with Crippen molar-refractivity contribution in [1.29, 1.82) is 0 Å². The normalized spacial score (nSPS) is 17.7. The van der Waals surface area contributed by atoms with Crippen molar-refractivity contribution < 1.29 is 13.2 Å². The Labute approximate surface area is 160 Å². The molecule has 1 aliphatic heterocycles. The summed E-state index contributed by atoms with van der Waals surface area (Å²) in [4.78, 5) is 14.8. The molecule has 1 heterocycles. The van der Waals surface area contributed by atoms with Crippen LogP contribution in [0.3, 0.4) is 0 Å². The molecule has 0 radical (unpaired) electrons. The minimum atomic E-state index is -3.72. The van der Waals surface area contributed by atoms with Crippen LogP contribution < -0.4 is 10.0 Å². The molecule has 7 heteroatoms. The number of rotatable bonds is 5. The third-order valence-electron chi connectivity index (χ3n) is 4.80. The number of carbonyl (C=O) groups excluding carboxylic acids is 1. The molecule has 0 saturated carbocycles. The Morgan fingerprint density at radius 3 is 2.67 bits per heavy atom. The van der Waals surface area contributed by atoms with Gasteiger partial charge in [-0.15, -0.1) is 0 Å². The van der Waals surface area contributed by atoms with Crippen molar-refractivity contribution in [2.75, 3.05) is 19.6 Å². The van der Waals surface area contributed by atoms with Crippen LogP contribution in [0.25, 0.3) is 0 Å². The average Bonchev–Trinajstić information content (AvgIpc) is 2.67. The number of hydrogen-bond donors (Lipinski definition) is 2. The molecule has 3 rings (SSSR count). The zero-order valence-electron chi connectivity index (χ0n) is 15.6. The summed E-state index contributed by atoms with van der Waals surface area (Å²) in [7, 11) is -3.72. The Morgan fingerprint density at radius 2 is 1.96 bits per heavy atom. The van der Waals surface area contributed by atoms with Crippen LogP contribution in [0.5, 0.6) is 0 Å². The van der Waals surface area contributed by atoms with Crippen molar-refractivity contribution in [3.05, 3.63) is 65.2 Å².